The third-order valence-corrected chi connectivity index (χ3v) is 2.47. The molecule has 0 bridgehead atoms. The van der Waals surface area contributed by atoms with Crippen molar-refractivity contribution in [2.75, 3.05) is 0 Å². The molecular weight excluding hydrogens is 108 g/mol. The average molecular weight is 125 g/mol. The van der Waals surface area contributed by atoms with Crippen LogP contribution in [0.15, 0.2) is 0 Å². The Labute approximate surface area is 58.7 Å². The van der Waals surface area contributed by atoms with Crippen LogP contribution in [0, 0.1) is 17.3 Å². The molecule has 0 aromatic heterocycles. The van der Waals surface area contributed by atoms with Crippen molar-refractivity contribution in [3.05, 3.63) is 5.92 Å². The van der Waals surface area contributed by atoms with E-state index in [1.807, 2.05) is 0 Å². The molecule has 1 unspecified atom stereocenters. The Morgan fingerprint density at radius 2 is 1.89 bits per heavy atom. The summed E-state index contributed by atoms with van der Waals surface area (Å²) in [5.74, 6) is 2.62. The highest BCUT2D eigenvalue weighted by Gasteiger charge is 2.36. The van der Waals surface area contributed by atoms with Gasteiger partial charge in [-0.3, -0.25) is 0 Å². The van der Waals surface area contributed by atoms with E-state index in [9.17, 15) is 0 Å². The third-order valence-electron chi connectivity index (χ3n) is 2.47. The maximum absolute atomic E-state index is 2.33. The van der Waals surface area contributed by atoms with Gasteiger partial charge < -0.3 is 0 Å². The van der Waals surface area contributed by atoms with Crippen molar-refractivity contribution >= 4 is 0 Å². The van der Waals surface area contributed by atoms with Crippen molar-refractivity contribution in [2.24, 2.45) is 11.3 Å². The second kappa shape index (κ2) is 2.00. The Bertz CT molecular complexity index is 97.1. The monoisotopic (exact) mass is 125 g/mol. The van der Waals surface area contributed by atoms with Crippen LogP contribution < -0.4 is 0 Å². The molecule has 1 atom stereocenters. The van der Waals surface area contributed by atoms with Crippen LogP contribution >= 0.6 is 0 Å². The fourth-order valence-electron chi connectivity index (χ4n) is 1.75. The zero-order chi connectivity index (χ0) is 7.07. The van der Waals surface area contributed by atoms with Crippen molar-refractivity contribution in [2.45, 2.75) is 40.5 Å². The van der Waals surface area contributed by atoms with Crippen molar-refractivity contribution in [3.8, 4) is 0 Å². The number of rotatable bonds is 0. The summed E-state index contributed by atoms with van der Waals surface area (Å²) in [6, 6.07) is 0. The van der Waals surface area contributed by atoms with Gasteiger partial charge in [0.1, 0.15) is 0 Å². The Morgan fingerprint density at radius 1 is 1.33 bits per heavy atom. The molecule has 1 aliphatic carbocycles. The second-order valence-electron chi connectivity index (χ2n) is 4.30. The molecule has 1 saturated carbocycles. The molecule has 0 spiro atoms. The van der Waals surface area contributed by atoms with E-state index in [1.165, 1.54) is 12.8 Å². The molecule has 0 heteroatoms. The van der Waals surface area contributed by atoms with Crippen LogP contribution in [-0.4, -0.2) is 0 Å². The summed E-state index contributed by atoms with van der Waals surface area (Å²) in [5.41, 5.74) is 0.530. The molecule has 9 heavy (non-hydrogen) atoms. The highest BCUT2D eigenvalue weighted by Crippen LogP contribution is 2.46. The molecule has 53 valence electrons. The van der Waals surface area contributed by atoms with Gasteiger partial charge in [0.25, 0.3) is 0 Å². The average Bonchev–Trinajstić information content (AvgIpc) is 1.57. The molecule has 0 nitrogen and oxygen atoms in total. The molecule has 1 aliphatic rings. The van der Waals surface area contributed by atoms with Gasteiger partial charge in [-0.05, 0) is 30.1 Å². The number of hydrogen-bond donors (Lipinski definition) is 0. The maximum Gasteiger partial charge on any atom is -0.0236 e. The lowest BCUT2D eigenvalue weighted by atomic mass is 9.62. The molecule has 0 N–H and O–H groups in total. The van der Waals surface area contributed by atoms with Gasteiger partial charge in [0.05, 0.1) is 0 Å². The van der Waals surface area contributed by atoms with Crippen LogP contribution in [0.1, 0.15) is 40.5 Å². The van der Waals surface area contributed by atoms with Gasteiger partial charge in [-0.2, -0.15) is 0 Å². The Balaban J connectivity index is 2.44. The number of hydrogen-bond acceptors (Lipinski definition) is 0. The highest BCUT2D eigenvalue weighted by molar-refractivity contribution is 5.06. The summed E-state index contributed by atoms with van der Waals surface area (Å²) in [7, 11) is 0. The summed E-state index contributed by atoms with van der Waals surface area (Å²) < 4.78 is 0. The van der Waals surface area contributed by atoms with E-state index >= 15 is 0 Å². The minimum atomic E-state index is 0.530. The van der Waals surface area contributed by atoms with E-state index in [0.717, 1.165) is 5.92 Å². The SMILES string of the molecule is C[C]1CCC1C(C)(C)C. The van der Waals surface area contributed by atoms with Gasteiger partial charge >= 0.3 is 0 Å². The van der Waals surface area contributed by atoms with Crippen LogP contribution in [0.4, 0.5) is 0 Å². The van der Waals surface area contributed by atoms with Crippen LogP contribution in [0.3, 0.4) is 0 Å². The van der Waals surface area contributed by atoms with E-state index in [2.05, 4.69) is 27.7 Å². The molecule has 0 amide bonds. The minimum Gasteiger partial charge on any atom is -0.0599 e. The minimum absolute atomic E-state index is 0.530. The largest absolute Gasteiger partial charge is 0.0599 e. The fourth-order valence-corrected chi connectivity index (χ4v) is 1.75. The summed E-state index contributed by atoms with van der Waals surface area (Å²) >= 11 is 0. The van der Waals surface area contributed by atoms with Gasteiger partial charge in [0.2, 0.25) is 0 Å². The smallest absolute Gasteiger partial charge is 0.0236 e. The second-order valence-corrected chi connectivity index (χ2v) is 4.30. The summed E-state index contributed by atoms with van der Waals surface area (Å²) in [6.07, 6.45) is 2.80. The van der Waals surface area contributed by atoms with E-state index in [-0.39, 0.29) is 0 Å². The topological polar surface area (TPSA) is 0 Å². The molecular formula is C9H17. The quantitative estimate of drug-likeness (QED) is 0.467. The molecule has 1 rings (SSSR count). The molecule has 0 aromatic carbocycles. The van der Waals surface area contributed by atoms with Crippen molar-refractivity contribution < 1.29 is 0 Å². The van der Waals surface area contributed by atoms with Crippen molar-refractivity contribution in [1.29, 1.82) is 0 Å². The van der Waals surface area contributed by atoms with Crippen molar-refractivity contribution in [3.63, 3.8) is 0 Å². The summed E-state index contributed by atoms with van der Waals surface area (Å²) in [6.45, 7) is 9.29. The first kappa shape index (κ1) is 7.11. The fraction of sp³-hybridized carbons (Fsp3) is 0.889. The summed E-state index contributed by atoms with van der Waals surface area (Å²) in [5, 5.41) is 0. The zero-order valence-electron chi connectivity index (χ0n) is 6.99. The first-order chi connectivity index (χ1) is 4.02. The van der Waals surface area contributed by atoms with Gasteiger partial charge in [-0.1, -0.05) is 27.7 Å². The van der Waals surface area contributed by atoms with Gasteiger partial charge in [-0.25, -0.2) is 0 Å². The van der Waals surface area contributed by atoms with E-state index < -0.39 is 0 Å². The molecule has 0 heterocycles. The maximum atomic E-state index is 2.33. The van der Waals surface area contributed by atoms with Crippen LogP contribution in [-0.2, 0) is 0 Å². The predicted octanol–water partition coefficient (Wildman–Crippen LogP) is 3.04. The Morgan fingerprint density at radius 3 is 1.89 bits per heavy atom. The van der Waals surface area contributed by atoms with Crippen LogP contribution in [0.2, 0.25) is 0 Å². The standard InChI is InChI=1S/C9H17/c1-7-5-6-8(7)9(2,3)4/h8H,5-6H2,1-4H3. The Kier molecular flexibility index (Phi) is 1.58. The lowest BCUT2D eigenvalue weighted by molar-refractivity contribution is 0.173. The molecule has 0 aromatic rings. The van der Waals surface area contributed by atoms with Crippen LogP contribution in [0.5, 0.6) is 0 Å². The lowest BCUT2D eigenvalue weighted by Crippen LogP contribution is -2.32. The van der Waals surface area contributed by atoms with E-state index in [4.69, 9.17) is 0 Å². The van der Waals surface area contributed by atoms with Gasteiger partial charge in [-0.15, -0.1) is 0 Å². The lowest BCUT2D eigenvalue weighted by Gasteiger charge is -2.43. The zero-order valence-corrected chi connectivity index (χ0v) is 6.99. The first-order valence-electron chi connectivity index (χ1n) is 3.84. The third kappa shape index (κ3) is 1.28. The van der Waals surface area contributed by atoms with E-state index in [1.54, 1.807) is 5.92 Å². The molecule has 1 radical (unpaired) electrons. The van der Waals surface area contributed by atoms with Gasteiger partial charge in [0.15, 0.2) is 0 Å². The summed E-state index contributed by atoms with van der Waals surface area (Å²) in [4.78, 5) is 0. The highest BCUT2D eigenvalue weighted by atomic mass is 14.4. The van der Waals surface area contributed by atoms with Crippen LogP contribution in [0.25, 0.3) is 0 Å². The van der Waals surface area contributed by atoms with Crippen molar-refractivity contribution in [1.82, 2.24) is 0 Å². The Hall–Kier alpha value is 0. The first-order valence-corrected chi connectivity index (χ1v) is 3.84. The molecule has 0 aliphatic heterocycles. The molecule has 1 fully saturated rings. The predicted molar refractivity (Wildman–Crippen MR) is 41.1 cm³/mol. The molecule has 0 saturated heterocycles. The normalized spacial score (nSPS) is 30.0. The van der Waals surface area contributed by atoms with Gasteiger partial charge in [0, 0.05) is 0 Å². The van der Waals surface area contributed by atoms with E-state index in [0.29, 0.717) is 5.41 Å².